The van der Waals surface area contributed by atoms with E-state index in [0.717, 1.165) is 29.2 Å². The highest BCUT2D eigenvalue weighted by molar-refractivity contribution is 5.92. The fourth-order valence-corrected chi connectivity index (χ4v) is 3.75. The third kappa shape index (κ3) is 4.52. The number of fused-ring (bicyclic) bond motifs is 1. The van der Waals surface area contributed by atoms with Crippen LogP contribution in [0.2, 0.25) is 0 Å². The van der Waals surface area contributed by atoms with Crippen LogP contribution in [0.3, 0.4) is 0 Å². The van der Waals surface area contributed by atoms with Gasteiger partial charge in [0.15, 0.2) is 5.69 Å². The summed E-state index contributed by atoms with van der Waals surface area (Å²) < 4.78 is 52.9. The van der Waals surface area contributed by atoms with E-state index in [2.05, 4.69) is 20.3 Å². The van der Waals surface area contributed by atoms with Crippen LogP contribution in [0.1, 0.15) is 41.9 Å². The van der Waals surface area contributed by atoms with Gasteiger partial charge in [0.05, 0.1) is 35.7 Å². The maximum absolute atomic E-state index is 12.9. The number of amides is 1. The average Bonchev–Trinajstić information content (AvgIpc) is 2.95. The number of anilines is 1. The summed E-state index contributed by atoms with van der Waals surface area (Å²) in [6.45, 7) is 3.91. The van der Waals surface area contributed by atoms with Crippen LogP contribution in [0.4, 0.5) is 23.4 Å². The van der Waals surface area contributed by atoms with Gasteiger partial charge in [-0.3, -0.25) is 9.78 Å². The molecule has 31 heavy (non-hydrogen) atoms. The first-order valence-corrected chi connectivity index (χ1v) is 9.89. The van der Waals surface area contributed by atoms with Crippen LogP contribution in [0, 0.1) is 19.8 Å². The van der Waals surface area contributed by atoms with Gasteiger partial charge in [0.1, 0.15) is 12.0 Å². The molecule has 1 fully saturated rings. The van der Waals surface area contributed by atoms with Crippen LogP contribution in [-0.2, 0) is 17.5 Å². The van der Waals surface area contributed by atoms with E-state index in [9.17, 15) is 22.4 Å². The number of nitrogens with zero attached hydrogens (tertiary/aromatic N) is 4. The van der Waals surface area contributed by atoms with Crippen LogP contribution < -0.4 is 5.32 Å². The number of aromatic nitrogens is 4. The summed E-state index contributed by atoms with van der Waals surface area (Å²) in [5, 5.41) is 2.80. The number of nitrogens with one attached hydrogen (secondary N) is 1. The van der Waals surface area contributed by atoms with E-state index in [1.54, 1.807) is 0 Å². The van der Waals surface area contributed by atoms with Crippen molar-refractivity contribution in [1.29, 1.82) is 0 Å². The Morgan fingerprint density at radius 2 is 1.94 bits per heavy atom. The van der Waals surface area contributed by atoms with E-state index < -0.39 is 18.0 Å². The molecule has 4 rings (SSSR count). The summed E-state index contributed by atoms with van der Waals surface area (Å²) in [5.74, 6) is 0.329. The number of hydrogen-bond acceptors (Lipinski definition) is 4. The number of carbonyl (C=O) groups is 1. The van der Waals surface area contributed by atoms with Crippen molar-refractivity contribution in [2.45, 2.75) is 52.0 Å². The number of alkyl halides is 4. The van der Waals surface area contributed by atoms with Gasteiger partial charge in [-0.25, -0.2) is 14.4 Å². The summed E-state index contributed by atoms with van der Waals surface area (Å²) in [4.78, 5) is 24.1. The highest BCUT2D eigenvalue weighted by Gasteiger charge is 2.33. The van der Waals surface area contributed by atoms with E-state index >= 15 is 0 Å². The lowest BCUT2D eigenvalue weighted by Gasteiger charge is -2.28. The van der Waals surface area contributed by atoms with Gasteiger partial charge < -0.3 is 9.88 Å². The third-order valence-electron chi connectivity index (χ3n) is 5.51. The molecule has 0 saturated heterocycles. The van der Waals surface area contributed by atoms with E-state index in [0.29, 0.717) is 29.9 Å². The molecule has 0 aromatic carbocycles. The normalized spacial score (nSPS) is 18.8. The first-order valence-electron chi connectivity index (χ1n) is 9.89. The maximum atomic E-state index is 12.9. The number of rotatable bonds is 5. The molecule has 3 aromatic heterocycles. The molecule has 10 heteroatoms. The Bertz CT molecular complexity index is 1120. The summed E-state index contributed by atoms with van der Waals surface area (Å²) >= 11 is 0. The highest BCUT2D eigenvalue weighted by atomic mass is 19.4. The maximum Gasteiger partial charge on any atom is 0.434 e. The summed E-state index contributed by atoms with van der Waals surface area (Å²) in [6, 6.07) is 3.70. The predicted octanol–water partition coefficient (Wildman–Crippen LogP) is 4.59. The minimum atomic E-state index is -4.53. The molecule has 164 valence electrons. The molecule has 6 nitrogen and oxygen atoms in total. The molecule has 1 aliphatic rings. The number of aryl methyl sites for hydroxylation is 2. The Balaban J connectivity index is 1.53. The van der Waals surface area contributed by atoms with Crippen molar-refractivity contribution in [3.63, 3.8) is 0 Å². The molecule has 0 radical (unpaired) electrons. The van der Waals surface area contributed by atoms with Crippen LogP contribution in [0.5, 0.6) is 0 Å². The zero-order chi connectivity index (χ0) is 22.3. The molecule has 0 unspecified atom stereocenters. The minimum Gasteiger partial charge on any atom is -0.337 e. The molecule has 3 aromatic rings. The smallest absolute Gasteiger partial charge is 0.337 e. The molecular formula is C21H21F4N5O. The lowest BCUT2D eigenvalue weighted by atomic mass is 9.81. The molecular weight excluding hydrogens is 414 g/mol. The van der Waals surface area contributed by atoms with Gasteiger partial charge in [-0.2, -0.15) is 13.2 Å². The Kier molecular flexibility index (Phi) is 5.40. The second-order valence-electron chi connectivity index (χ2n) is 8.01. The highest BCUT2D eigenvalue weighted by Crippen LogP contribution is 2.33. The predicted molar refractivity (Wildman–Crippen MR) is 106 cm³/mol. The zero-order valence-electron chi connectivity index (χ0n) is 17.0. The van der Waals surface area contributed by atoms with Crippen molar-refractivity contribution in [2.75, 3.05) is 5.32 Å². The lowest BCUT2D eigenvalue weighted by molar-refractivity contribution is -0.141. The van der Waals surface area contributed by atoms with Crippen molar-refractivity contribution < 1.29 is 22.4 Å². The molecule has 3 heterocycles. The van der Waals surface area contributed by atoms with E-state index in [1.165, 1.54) is 0 Å². The second-order valence-corrected chi connectivity index (χ2v) is 8.01. The molecule has 0 atom stereocenters. The quantitative estimate of drug-likeness (QED) is 0.595. The first-order chi connectivity index (χ1) is 14.6. The van der Waals surface area contributed by atoms with Crippen LogP contribution in [-0.4, -0.2) is 31.6 Å². The summed E-state index contributed by atoms with van der Waals surface area (Å²) in [7, 11) is 0. The lowest BCUT2D eigenvalue weighted by Crippen LogP contribution is -2.29. The third-order valence-corrected chi connectivity index (χ3v) is 5.51. The molecule has 1 amide bonds. The number of pyridine rings is 1. The molecule has 0 aliphatic heterocycles. The van der Waals surface area contributed by atoms with Gasteiger partial charge in [-0.1, -0.05) is 0 Å². The van der Waals surface area contributed by atoms with E-state index in [1.807, 2.05) is 30.5 Å². The number of carbonyl (C=O) groups excluding carboxylic acids is 1. The van der Waals surface area contributed by atoms with Crippen molar-refractivity contribution in [2.24, 2.45) is 5.92 Å². The van der Waals surface area contributed by atoms with Gasteiger partial charge in [0, 0.05) is 12.1 Å². The molecule has 0 spiro atoms. The summed E-state index contributed by atoms with van der Waals surface area (Å²) in [6.07, 6.45) is -2.37. The standard InChI is InChI=1S/C21H21F4N5O/c1-11-3-17-16(28-20(11)29-19(31)7-13-5-14(22)6-13)4-12(2)30(17)10-15-8-27-18(9-26-15)21(23,24)25/h3-4,8-9,13-14H,5-7,10H2,1-2H3,(H,28,29,31). The van der Waals surface area contributed by atoms with Crippen LogP contribution in [0.25, 0.3) is 11.0 Å². The molecule has 1 aliphatic carbocycles. The monoisotopic (exact) mass is 435 g/mol. The Morgan fingerprint density at radius 3 is 2.55 bits per heavy atom. The van der Waals surface area contributed by atoms with Crippen molar-refractivity contribution >= 4 is 22.8 Å². The van der Waals surface area contributed by atoms with E-state index in [-0.39, 0.29) is 24.8 Å². The Hall–Kier alpha value is -3.04. The SMILES string of the molecule is Cc1cc2c(cc(C)n2Cc2cnc(C(F)(F)F)cn2)nc1NC(=O)CC1CC(F)C1. The Labute approximate surface area is 175 Å². The minimum absolute atomic E-state index is 0.0761. The van der Waals surface area contributed by atoms with Gasteiger partial charge in [-0.15, -0.1) is 0 Å². The molecule has 1 N–H and O–H groups in total. The summed E-state index contributed by atoms with van der Waals surface area (Å²) in [5.41, 5.74) is 2.35. The van der Waals surface area contributed by atoms with Gasteiger partial charge in [0.2, 0.25) is 5.91 Å². The van der Waals surface area contributed by atoms with Gasteiger partial charge >= 0.3 is 6.18 Å². The fourth-order valence-electron chi connectivity index (χ4n) is 3.75. The first kappa shape index (κ1) is 21.2. The van der Waals surface area contributed by atoms with Crippen molar-refractivity contribution in [3.8, 4) is 0 Å². The van der Waals surface area contributed by atoms with Crippen molar-refractivity contribution in [3.05, 3.63) is 47.2 Å². The van der Waals surface area contributed by atoms with Crippen molar-refractivity contribution in [1.82, 2.24) is 19.5 Å². The largest absolute Gasteiger partial charge is 0.434 e. The van der Waals surface area contributed by atoms with E-state index in [4.69, 9.17) is 0 Å². The number of hydrogen-bond donors (Lipinski definition) is 1. The Morgan fingerprint density at radius 1 is 1.19 bits per heavy atom. The second kappa shape index (κ2) is 7.90. The molecule has 0 bridgehead atoms. The fraction of sp³-hybridized carbons (Fsp3) is 0.429. The topological polar surface area (TPSA) is 72.7 Å². The molecule has 1 saturated carbocycles. The van der Waals surface area contributed by atoms with Crippen LogP contribution in [0.15, 0.2) is 24.5 Å². The zero-order valence-corrected chi connectivity index (χ0v) is 17.0. The average molecular weight is 435 g/mol. The van der Waals surface area contributed by atoms with Gasteiger partial charge in [0.25, 0.3) is 0 Å². The van der Waals surface area contributed by atoms with Gasteiger partial charge in [-0.05, 0) is 50.3 Å². The van der Waals surface area contributed by atoms with Crippen LogP contribution >= 0.6 is 0 Å². The number of halogens is 4.